The van der Waals surface area contributed by atoms with Gasteiger partial charge in [-0.3, -0.25) is 0 Å². The van der Waals surface area contributed by atoms with E-state index in [1.54, 1.807) is 6.07 Å². The lowest BCUT2D eigenvalue weighted by molar-refractivity contribution is 0.0601. The minimum absolute atomic E-state index is 0.271. The van der Waals surface area contributed by atoms with Crippen molar-refractivity contribution in [3.8, 4) is 0 Å². The molecule has 1 aromatic carbocycles. The Morgan fingerprint density at radius 1 is 1.19 bits per heavy atom. The van der Waals surface area contributed by atoms with Crippen LogP contribution in [-0.2, 0) is 4.74 Å². The fraction of sp³-hybridized carbons (Fsp3) is 0.611. The standard InChI is InChI=1S/C18H25NO2/c1-21-17(20)14-5-4-6-16(13-14)19-15-7-11-18(12-8-15)9-2-3-10-18/h4-6,13,15,19H,2-3,7-12H2,1H3. The van der Waals surface area contributed by atoms with Crippen molar-refractivity contribution < 1.29 is 9.53 Å². The van der Waals surface area contributed by atoms with Gasteiger partial charge in [-0.15, -0.1) is 0 Å². The number of carbonyl (C=O) groups excluding carboxylic acids is 1. The van der Waals surface area contributed by atoms with Crippen molar-refractivity contribution in [1.82, 2.24) is 0 Å². The van der Waals surface area contributed by atoms with Gasteiger partial charge in [0.2, 0.25) is 0 Å². The maximum Gasteiger partial charge on any atom is 0.337 e. The fourth-order valence-electron chi connectivity index (χ4n) is 4.09. The van der Waals surface area contributed by atoms with Crippen LogP contribution in [0.25, 0.3) is 0 Å². The van der Waals surface area contributed by atoms with Crippen LogP contribution in [0.1, 0.15) is 61.7 Å². The minimum atomic E-state index is -0.271. The zero-order valence-electron chi connectivity index (χ0n) is 12.9. The molecule has 0 saturated heterocycles. The molecule has 0 aliphatic heterocycles. The Morgan fingerprint density at radius 2 is 1.90 bits per heavy atom. The highest BCUT2D eigenvalue weighted by Crippen LogP contribution is 2.49. The summed E-state index contributed by atoms with van der Waals surface area (Å²) in [5.74, 6) is -0.271. The van der Waals surface area contributed by atoms with E-state index in [4.69, 9.17) is 4.74 Å². The number of hydrogen-bond acceptors (Lipinski definition) is 3. The molecule has 2 aliphatic rings. The third-order valence-electron chi connectivity index (χ3n) is 5.36. The fourth-order valence-corrected chi connectivity index (χ4v) is 4.09. The van der Waals surface area contributed by atoms with Crippen LogP contribution in [0.5, 0.6) is 0 Å². The molecule has 0 amide bonds. The van der Waals surface area contributed by atoms with Crippen LogP contribution in [0.4, 0.5) is 5.69 Å². The monoisotopic (exact) mass is 287 g/mol. The zero-order chi connectivity index (χ0) is 14.7. The van der Waals surface area contributed by atoms with E-state index in [0.717, 1.165) is 5.69 Å². The van der Waals surface area contributed by atoms with Gasteiger partial charge in [-0.05, 0) is 62.1 Å². The van der Waals surface area contributed by atoms with Crippen molar-refractivity contribution in [3.05, 3.63) is 29.8 Å². The minimum Gasteiger partial charge on any atom is -0.465 e. The molecule has 0 heterocycles. The number of esters is 1. The molecule has 3 nitrogen and oxygen atoms in total. The zero-order valence-corrected chi connectivity index (χ0v) is 12.9. The van der Waals surface area contributed by atoms with Crippen LogP contribution < -0.4 is 5.32 Å². The van der Waals surface area contributed by atoms with Crippen molar-refractivity contribution in [2.24, 2.45) is 5.41 Å². The Labute approximate surface area is 127 Å². The number of anilines is 1. The first-order chi connectivity index (χ1) is 10.2. The third kappa shape index (κ3) is 3.22. The van der Waals surface area contributed by atoms with E-state index in [-0.39, 0.29) is 5.97 Å². The number of rotatable bonds is 3. The van der Waals surface area contributed by atoms with E-state index in [9.17, 15) is 4.79 Å². The molecule has 2 aliphatic carbocycles. The molecular weight excluding hydrogens is 262 g/mol. The summed E-state index contributed by atoms with van der Waals surface area (Å²) >= 11 is 0. The molecule has 0 unspecified atom stereocenters. The predicted octanol–water partition coefficient (Wildman–Crippen LogP) is 4.39. The summed E-state index contributed by atoms with van der Waals surface area (Å²) in [6, 6.07) is 8.18. The topological polar surface area (TPSA) is 38.3 Å². The maximum atomic E-state index is 11.6. The van der Waals surface area contributed by atoms with Crippen molar-refractivity contribution in [2.45, 2.75) is 57.4 Å². The summed E-state index contributed by atoms with van der Waals surface area (Å²) < 4.78 is 4.78. The van der Waals surface area contributed by atoms with Gasteiger partial charge in [0.1, 0.15) is 0 Å². The first-order valence-electron chi connectivity index (χ1n) is 8.16. The van der Waals surface area contributed by atoms with Gasteiger partial charge in [-0.25, -0.2) is 4.79 Å². The lowest BCUT2D eigenvalue weighted by Gasteiger charge is -2.37. The van der Waals surface area contributed by atoms with Gasteiger partial charge in [0, 0.05) is 11.7 Å². The second-order valence-corrected chi connectivity index (χ2v) is 6.70. The summed E-state index contributed by atoms with van der Waals surface area (Å²) in [5, 5.41) is 3.60. The molecule has 2 saturated carbocycles. The molecule has 3 heteroatoms. The number of carbonyl (C=O) groups is 1. The van der Waals surface area contributed by atoms with Crippen molar-refractivity contribution in [3.63, 3.8) is 0 Å². The second-order valence-electron chi connectivity index (χ2n) is 6.70. The largest absolute Gasteiger partial charge is 0.465 e. The summed E-state index contributed by atoms with van der Waals surface area (Å²) in [6.07, 6.45) is 11.0. The summed E-state index contributed by atoms with van der Waals surface area (Å²) in [7, 11) is 1.42. The Kier molecular flexibility index (Phi) is 4.18. The van der Waals surface area contributed by atoms with Gasteiger partial charge in [0.15, 0.2) is 0 Å². The lowest BCUT2D eigenvalue weighted by atomic mass is 9.71. The normalized spacial score (nSPS) is 21.4. The van der Waals surface area contributed by atoms with Crippen molar-refractivity contribution >= 4 is 11.7 Å². The van der Waals surface area contributed by atoms with Gasteiger partial charge in [0.25, 0.3) is 0 Å². The Hall–Kier alpha value is -1.51. The van der Waals surface area contributed by atoms with Gasteiger partial charge >= 0.3 is 5.97 Å². The summed E-state index contributed by atoms with van der Waals surface area (Å²) in [5.41, 5.74) is 2.32. The van der Waals surface area contributed by atoms with E-state index in [1.807, 2.05) is 18.2 Å². The second kappa shape index (κ2) is 6.08. The Bertz CT molecular complexity index is 496. The number of benzene rings is 1. The van der Waals surface area contributed by atoms with Crippen molar-refractivity contribution in [1.29, 1.82) is 0 Å². The van der Waals surface area contributed by atoms with Crippen LogP contribution in [-0.4, -0.2) is 19.1 Å². The molecule has 1 N–H and O–H groups in total. The van der Waals surface area contributed by atoms with Crippen LogP contribution in [0.2, 0.25) is 0 Å². The molecule has 0 atom stereocenters. The van der Waals surface area contributed by atoms with Crippen LogP contribution in [0.15, 0.2) is 24.3 Å². The smallest absolute Gasteiger partial charge is 0.337 e. The molecule has 1 aromatic rings. The quantitative estimate of drug-likeness (QED) is 0.838. The molecule has 0 bridgehead atoms. The average molecular weight is 287 g/mol. The third-order valence-corrected chi connectivity index (χ3v) is 5.36. The first kappa shape index (κ1) is 14.4. The van der Waals surface area contributed by atoms with Crippen molar-refractivity contribution in [2.75, 3.05) is 12.4 Å². The molecule has 1 spiro atoms. The summed E-state index contributed by atoms with van der Waals surface area (Å²) in [6.45, 7) is 0. The van der Waals surface area contributed by atoms with Gasteiger partial charge in [-0.2, -0.15) is 0 Å². The van der Waals surface area contributed by atoms with Crippen LogP contribution >= 0.6 is 0 Å². The predicted molar refractivity (Wildman–Crippen MR) is 84.6 cm³/mol. The maximum absolute atomic E-state index is 11.6. The molecule has 0 radical (unpaired) electrons. The molecule has 114 valence electrons. The SMILES string of the molecule is COC(=O)c1cccc(NC2CCC3(CCCC3)CC2)c1. The van der Waals surface area contributed by atoms with Gasteiger partial charge in [-0.1, -0.05) is 18.9 Å². The van der Waals surface area contributed by atoms with Crippen LogP contribution in [0, 0.1) is 5.41 Å². The number of ether oxygens (including phenoxy) is 1. The van der Waals surface area contributed by atoms with E-state index in [2.05, 4.69) is 5.32 Å². The van der Waals surface area contributed by atoms with Gasteiger partial charge in [0.05, 0.1) is 12.7 Å². The highest BCUT2D eigenvalue weighted by Gasteiger charge is 2.37. The highest BCUT2D eigenvalue weighted by atomic mass is 16.5. The number of hydrogen-bond donors (Lipinski definition) is 1. The highest BCUT2D eigenvalue weighted by molar-refractivity contribution is 5.90. The molecule has 0 aromatic heterocycles. The Morgan fingerprint density at radius 3 is 2.57 bits per heavy atom. The van der Waals surface area contributed by atoms with E-state index in [1.165, 1.54) is 58.5 Å². The number of methoxy groups -OCH3 is 1. The lowest BCUT2D eigenvalue weighted by Crippen LogP contribution is -2.31. The molecule has 3 rings (SSSR count). The van der Waals surface area contributed by atoms with Gasteiger partial charge < -0.3 is 10.1 Å². The Balaban J connectivity index is 1.59. The number of nitrogens with one attached hydrogen (secondary N) is 1. The van der Waals surface area contributed by atoms with E-state index >= 15 is 0 Å². The first-order valence-corrected chi connectivity index (χ1v) is 8.16. The molecule has 2 fully saturated rings. The molecule has 21 heavy (non-hydrogen) atoms. The van der Waals surface area contributed by atoms with E-state index in [0.29, 0.717) is 17.0 Å². The average Bonchev–Trinajstić information content (AvgIpc) is 2.98. The molecular formula is C18H25NO2. The summed E-state index contributed by atoms with van der Waals surface area (Å²) in [4.78, 5) is 11.6. The van der Waals surface area contributed by atoms with Crippen LogP contribution in [0.3, 0.4) is 0 Å². The van der Waals surface area contributed by atoms with E-state index < -0.39 is 0 Å².